The van der Waals surface area contributed by atoms with Crippen molar-refractivity contribution in [2.75, 3.05) is 60.0 Å². The number of fused-ring (bicyclic) bond motifs is 3. The third kappa shape index (κ3) is 3.34. The highest BCUT2D eigenvalue weighted by molar-refractivity contribution is 5.73. The summed E-state index contributed by atoms with van der Waals surface area (Å²) in [6.45, 7) is 11.6. The zero-order chi connectivity index (χ0) is 14.8. The van der Waals surface area contributed by atoms with Gasteiger partial charge in [0.2, 0.25) is 0 Å². The van der Waals surface area contributed by atoms with Crippen LogP contribution in [0.5, 0.6) is 0 Å². The highest BCUT2D eigenvalue weighted by Crippen LogP contribution is 2.36. The van der Waals surface area contributed by atoms with E-state index in [1.165, 1.54) is 25.9 Å². The van der Waals surface area contributed by atoms with Crippen LogP contribution in [-0.4, -0.2) is 74.9 Å². The van der Waals surface area contributed by atoms with Crippen LogP contribution < -0.4 is 0 Å². The summed E-state index contributed by atoms with van der Waals surface area (Å²) in [5.74, 6) is 0.808. The van der Waals surface area contributed by atoms with Gasteiger partial charge in [0, 0.05) is 12.8 Å². The van der Waals surface area contributed by atoms with E-state index in [0.29, 0.717) is 12.5 Å². The lowest BCUT2D eigenvalue weighted by molar-refractivity contribution is -0.927. The number of hydrogen-bond acceptors (Lipinski definition) is 2. The fraction of sp³-hybridized carbons (Fsp3) is 0.938. The van der Waals surface area contributed by atoms with Crippen molar-refractivity contribution < 1.29 is 18.5 Å². The third-order valence-electron chi connectivity index (χ3n) is 5.99. The Morgan fingerprint density at radius 3 is 2.35 bits per heavy atom. The number of carbonyl (C=O) groups is 1. The van der Waals surface area contributed by atoms with Crippen LogP contribution in [0.3, 0.4) is 0 Å². The summed E-state index contributed by atoms with van der Waals surface area (Å²) in [5, 5.41) is 0. The quantitative estimate of drug-likeness (QED) is 0.546. The maximum Gasteiger partial charge on any atom is 0.315 e. The van der Waals surface area contributed by atoms with Gasteiger partial charge in [-0.15, -0.1) is 0 Å². The summed E-state index contributed by atoms with van der Waals surface area (Å²) in [5.41, 5.74) is 0. The fourth-order valence-corrected chi connectivity index (χ4v) is 3.70. The van der Waals surface area contributed by atoms with E-state index in [-0.39, 0.29) is 11.9 Å². The number of carbonyl (C=O) groups excluding carboxylic acids is 1. The minimum atomic E-state index is 0.0671. The molecule has 0 N–H and O–H groups in total. The summed E-state index contributed by atoms with van der Waals surface area (Å²) < 4.78 is 7.67. The molecule has 20 heavy (non-hydrogen) atoms. The average molecular weight is 284 g/mol. The topological polar surface area (TPSA) is 26.3 Å². The lowest BCUT2D eigenvalue weighted by Crippen LogP contribution is -2.61. The van der Waals surface area contributed by atoms with E-state index in [1.807, 2.05) is 0 Å². The van der Waals surface area contributed by atoms with E-state index in [2.05, 4.69) is 27.9 Å². The molecule has 0 spiro atoms. The smallest absolute Gasteiger partial charge is 0.315 e. The molecule has 3 aliphatic heterocycles. The average Bonchev–Trinajstić information content (AvgIpc) is 2.47. The van der Waals surface area contributed by atoms with Crippen molar-refractivity contribution in [2.45, 2.75) is 26.7 Å². The second-order valence-electron chi connectivity index (χ2n) is 7.34. The first-order valence-corrected chi connectivity index (χ1v) is 8.25. The zero-order valence-electron chi connectivity index (χ0n) is 13.7. The molecule has 3 heterocycles. The standard InChI is InChI=1S/C16H32N2O2/c1-5-17(3,6-2)11-12-20-16(19)15-13-18(4)9-7-14(15)8-10-18/h14-15H,5-13H2,1-4H3/q+2. The molecular formula is C16H32N2O2+2. The lowest BCUT2D eigenvalue weighted by atomic mass is 9.77. The van der Waals surface area contributed by atoms with Crippen LogP contribution in [0.2, 0.25) is 0 Å². The van der Waals surface area contributed by atoms with Gasteiger partial charge in [0.25, 0.3) is 0 Å². The monoisotopic (exact) mass is 284 g/mol. The maximum absolute atomic E-state index is 12.4. The highest BCUT2D eigenvalue weighted by atomic mass is 16.5. The number of hydrogen-bond donors (Lipinski definition) is 0. The summed E-state index contributed by atoms with van der Waals surface area (Å²) in [6, 6.07) is 0. The highest BCUT2D eigenvalue weighted by Gasteiger charge is 2.47. The van der Waals surface area contributed by atoms with Gasteiger partial charge in [-0.2, -0.15) is 0 Å². The Labute approximate surface area is 123 Å². The number of piperidine rings is 3. The molecule has 116 valence electrons. The molecule has 0 aromatic carbocycles. The molecule has 1 atom stereocenters. The summed E-state index contributed by atoms with van der Waals surface area (Å²) >= 11 is 0. The normalized spacial score (nSPS) is 33.2. The first kappa shape index (κ1) is 15.8. The van der Waals surface area contributed by atoms with Crippen LogP contribution in [0.1, 0.15) is 26.7 Å². The van der Waals surface area contributed by atoms with E-state index in [0.717, 1.165) is 35.1 Å². The molecule has 3 aliphatic rings. The molecule has 4 nitrogen and oxygen atoms in total. The van der Waals surface area contributed by atoms with Crippen molar-refractivity contribution in [3.05, 3.63) is 0 Å². The van der Waals surface area contributed by atoms with Gasteiger partial charge in [0.1, 0.15) is 19.1 Å². The van der Waals surface area contributed by atoms with E-state index >= 15 is 0 Å². The summed E-state index contributed by atoms with van der Waals surface area (Å²) in [4.78, 5) is 12.4. The number of likely N-dealkylation sites (N-methyl/N-ethyl adjacent to an activating group) is 1. The van der Waals surface area contributed by atoms with E-state index in [1.54, 1.807) is 0 Å². The number of rotatable bonds is 6. The molecule has 0 amide bonds. The molecule has 0 aliphatic carbocycles. The zero-order valence-corrected chi connectivity index (χ0v) is 13.7. The van der Waals surface area contributed by atoms with Crippen molar-refractivity contribution in [2.24, 2.45) is 11.8 Å². The number of nitrogens with zero attached hydrogens (tertiary/aromatic N) is 2. The van der Waals surface area contributed by atoms with E-state index in [4.69, 9.17) is 4.74 Å². The largest absolute Gasteiger partial charge is 0.459 e. The second-order valence-corrected chi connectivity index (χ2v) is 7.34. The maximum atomic E-state index is 12.4. The molecule has 3 saturated heterocycles. The predicted octanol–water partition coefficient (Wildman–Crippen LogP) is 1.50. The Balaban J connectivity index is 1.81. The van der Waals surface area contributed by atoms with Gasteiger partial charge in [-0.1, -0.05) is 0 Å². The minimum absolute atomic E-state index is 0.0671. The summed E-state index contributed by atoms with van der Waals surface area (Å²) in [7, 11) is 4.52. The van der Waals surface area contributed by atoms with Crippen LogP contribution in [0.15, 0.2) is 0 Å². The fourth-order valence-electron chi connectivity index (χ4n) is 3.70. The van der Waals surface area contributed by atoms with Gasteiger partial charge in [-0.05, 0) is 19.8 Å². The Morgan fingerprint density at radius 2 is 1.85 bits per heavy atom. The van der Waals surface area contributed by atoms with Gasteiger partial charge < -0.3 is 13.7 Å². The Bertz CT molecular complexity index is 344. The molecule has 0 saturated carbocycles. The van der Waals surface area contributed by atoms with E-state index < -0.39 is 0 Å². The van der Waals surface area contributed by atoms with Crippen molar-refractivity contribution >= 4 is 5.97 Å². The van der Waals surface area contributed by atoms with Gasteiger partial charge in [-0.25, -0.2) is 0 Å². The first-order chi connectivity index (χ1) is 9.41. The van der Waals surface area contributed by atoms with Gasteiger partial charge in [0.05, 0.1) is 46.8 Å². The molecule has 0 aromatic heterocycles. The van der Waals surface area contributed by atoms with Crippen molar-refractivity contribution in [3.8, 4) is 0 Å². The van der Waals surface area contributed by atoms with Gasteiger partial charge >= 0.3 is 5.97 Å². The molecule has 0 aromatic rings. The van der Waals surface area contributed by atoms with Crippen LogP contribution in [-0.2, 0) is 9.53 Å². The van der Waals surface area contributed by atoms with Crippen LogP contribution >= 0.6 is 0 Å². The molecule has 4 heteroatoms. The van der Waals surface area contributed by atoms with Crippen LogP contribution in [0, 0.1) is 11.8 Å². The number of esters is 1. The SMILES string of the molecule is CC[N+](C)(CC)CCOC(=O)C1C[N+]2(C)CCC1CC2. The lowest BCUT2D eigenvalue weighted by Gasteiger charge is -2.49. The van der Waals surface area contributed by atoms with E-state index in [9.17, 15) is 4.79 Å². The van der Waals surface area contributed by atoms with Crippen LogP contribution in [0.4, 0.5) is 0 Å². The Morgan fingerprint density at radius 1 is 1.25 bits per heavy atom. The molecule has 3 fully saturated rings. The van der Waals surface area contributed by atoms with Crippen LogP contribution in [0.25, 0.3) is 0 Å². The third-order valence-corrected chi connectivity index (χ3v) is 5.99. The molecule has 2 bridgehead atoms. The predicted molar refractivity (Wildman–Crippen MR) is 80.1 cm³/mol. The molecular weight excluding hydrogens is 252 g/mol. The van der Waals surface area contributed by atoms with Crippen molar-refractivity contribution in [3.63, 3.8) is 0 Å². The second kappa shape index (κ2) is 6.02. The minimum Gasteiger partial charge on any atom is -0.459 e. The summed E-state index contributed by atoms with van der Waals surface area (Å²) in [6.07, 6.45) is 2.40. The first-order valence-electron chi connectivity index (χ1n) is 8.25. The Hall–Kier alpha value is -0.610. The van der Waals surface area contributed by atoms with Gasteiger partial charge in [-0.3, -0.25) is 4.79 Å². The number of quaternary nitrogens is 2. The molecule has 3 rings (SSSR count). The van der Waals surface area contributed by atoms with Gasteiger partial charge in [0.15, 0.2) is 0 Å². The molecule has 1 unspecified atom stereocenters. The van der Waals surface area contributed by atoms with Crippen molar-refractivity contribution in [1.29, 1.82) is 0 Å². The number of ether oxygens (including phenoxy) is 1. The Kier molecular flexibility index (Phi) is 4.75. The van der Waals surface area contributed by atoms with Crippen molar-refractivity contribution in [1.82, 2.24) is 0 Å². The molecule has 0 radical (unpaired) electrons.